The van der Waals surface area contributed by atoms with E-state index in [0.29, 0.717) is 5.41 Å². The van der Waals surface area contributed by atoms with E-state index in [2.05, 4.69) is 32.1 Å². The van der Waals surface area contributed by atoms with Gasteiger partial charge in [-0.2, -0.15) is 0 Å². The average Bonchev–Trinajstić information content (AvgIpc) is 1.69. The minimum Gasteiger partial charge on any atom is -0.302 e. The molecule has 0 amide bonds. The fourth-order valence-corrected chi connectivity index (χ4v) is 2.50. The van der Waals surface area contributed by atoms with E-state index in [4.69, 9.17) is 0 Å². The monoisotopic (exact) mass is 166 g/mol. The van der Waals surface area contributed by atoms with Crippen molar-refractivity contribution in [1.29, 1.82) is 0 Å². The molecule has 1 saturated carbocycles. The summed E-state index contributed by atoms with van der Waals surface area (Å²) in [4.78, 5) is 2.60. The second-order valence-electron chi connectivity index (χ2n) is 5.90. The van der Waals surface area contributed by atoms with Crippen LogP contribution in [0.25, 0.3) is 0 Å². The van der Waals surface area contributed by atoms with Crippen LogP contribution < -0.4 is 0 Å². The molecule has 12 heavy (non-hydrogen) atoms. The molecule has 0 N–H and O–H groups in total. The molecule has 0 aromatic carbocycles. The quantitative estimate of drug-likeness (QED) is 0.578. The number of likely N-dealkylation sites (tertiary alicyclic amines) is 1. The third-order valence-electron chi connectivity index (χ3n) is 2.97. The first-order valence-electron chi connectivity index (χ1n) is 5.03. The third kappa shape index (κ3) is 1.52. The molecule has 2 rings (SSSR count). The normalized spacial score (nSPS) is 28.2. The number of hydrogen-bond acceptors (Lipinski definition) is 1. The van der Waals surface area contributed by atoms with Gasteiger partial charge in [-0.3, -0.25) is 0 Å². The van der Waals surface area contributed by atoms with E-state index >= 15 is 0 Å². The fraction of sp³-hybridized carbons (Fsp3) is 0.909. The highest BCUT2D eigenvalue weighted by Crippen LogP contribution is 2.47. The Balaban J connectivity index is 1.74. The lowest BCUT2D eigenvalue weighted by atomic mass is 9.63. The predicted molar refractivity (Wildman–Crippen MR) is 51.9 cm³/mol. The van der Waals surface area contributed by atoms with E-state index in [0.717, 1.165) is 5.41 Å². The van der Waals surface area contributed by atoms with Crippen LogP contribution in [-0.2, 0) is 0 Å². The van der Waals surface area contributed by atoms with Crippen molar-refractivity contribution >= 4 is 0 Å². The molecule has 1 aliphatic carbocycles. The van der Waals surface area contributed by atoms with Gasteiger partial charge in [-0.05, 0) is 30.1 Å². The van der Waals surface area contributed by atoms with Gasteiger partial charge in [0, 0.05) is 19.6 Å². The van der Waals surface area contributed by atoms with Crippen LogP contribution in [-0.4, -0.2) is 24.5 Å². The van der Waals surface area contributed by atoms with Gasteiger partial charge in [-0.25, -0.2) is 0 Å². The van der Waals surface area contributed by atoms with E-state index in [1.807, 2.05) is 0 Å². The van der Waals surface area contributed by atoms with Gasteiger partial charge in [0.15, 0.2) is 0 Å². The van der Waals surface area contributed by atoms with Gasteiger partial charge in [-0.15, -0.1) is 0 Å². The van der Waals surface area contributed by atoms with Crippen LogP contribution in [0.3, 0.4) is 0 Å². The Bertz CT molecular complexity index is 166. The highest BCUT2D eigenvalue weighted by atomic mass is 15.2. The third-order valence-corrected chi connectivity index (χ3v) is 2.97. The second-order valence-corrected chi connectivity index (χ2v) is 5.90. The van der Waals surface area contributed by atoms with Crippen LogP contribution in [0.15, 0.2) is 0 Å². The van der Waals surface area contributed by atoms with Crippen molar-refractivity contribution in [2.45, 2.75) is 33.6 Å². The van der Waals surface area contributed by atoms with E-state index in [1.54, 1.807) is 0 Å². The molecular weight excluding hydrogens is 146 g/mol. The summed E-state index contributed by atoms with van der Waals surface area (Å²) in [6.45, 7) is 11.0. The molecular formula is C11H20N. The lowest BCUT2D eigenvalue weighted by Gasteiger charge is -2.57. The maximum Gasteiger partial charge on any atom is 0.00509 e. The largest absolute Gasteiger partial charge is 0.302 e. The molecule has 0 aromatic rings. The zero-order valence-corrected chi connectivity index (χ0v) is 8.56. The minimum absolute atomic E-state index is 0.481. The van der Waals surface area contributed by atoms with Crippen molar-refractivity contribution in [3.8, 4) is 0 Å². The van der Waals surface area contributed by atoms with E-state index in [-0.39, 0.29) is 0 Å². The molecule has 0 atom stereocenters. The summed E-state index contributed by atoms with van der Waals surface area (Å²) in [5.74, 6) is 0. The van der Waals surface area contributed by atoms with Crippen molar-refractivity contribution in [2.24, 2.45) is 10.8 Å². The van der Waals surface area contributed by atoms with Gasteiger partial charge >= 0.3 is 0 Å². The van der Waals surface area contributed by atoms with Gasteiger partial charge in [-0.1, -0.05) is 20.8 Å². The molecule has 1 spiro atoms. The van der Waals surface area contributed by atoms with Crippen molar-refractivity contribution < 1.29 is 0 Å². The van der Waals surface area contributed by atoms with Gasteiger partial charge in [0.2, 0.25) is 0 Å². The summed E-state index contributed by atoms with van der Waals surface area (Å²) in [6, 6.07) is 0. The maximum absolute atomic E-state index is 2.60. The number of rotatable bonds is 1. The summed E-state index contributed by atoms with van der Waals surface area (Å²) >= 11 is 0. The van der Waals surface area contributed by atoms with Crippen molar-refractivity contribution in [1.82, 2.24) is 4.90 Å². The van der Waals surface area contributed by atoms with Crippen molar-refractivity contribution in [3.05, 3.63) is 6.42 Å². The summed E-state index contributed by atoms with van der Waals surface area (Å²) in [6.07, 6.45) is 5.19. The van der Waals surface area contributed by atoms with Crippen LogP contribution in [0.5, 0.6) is 0 Å². The summed E-state index contributed by atoms with van der Waals surface area (Å²) in [5.41, 5.74) is 1.24. The predicted octanol–water partition coefficient (Wildman–Crippen LogP) is 2.33. The van der Waals surface area contributed by atoms with Gasteiger partial charge in [0.1, 0.15) is 0 Å². The lowest BCUT2D eigenvalue weighted by molar-refractivity contribution is -0.0488. The lowest BCUT2D eigenvalue weighted by Crippen LogP contribution is -2.61. The first kappa shape index (κ1) is 8.55. The first-order valence-corrected chi connectivity index (χ1v) is 5.03. The smallest absolute Gasteiger partial charge is 0.00509 e. The Kier molecular flexibility index (Phi) is 1.76. The minimum atomic E-state index is 0.481. The Hall–Kier alpha value is -0.0400. The number of nitrogens with zero attached hydrogens (tertiary/aromatic N) is 1. The van der Waals surface area contributed by atoms with E-state index in [9.17, 15) is 0 Å². The highest BCUT2D eigenvalue weighted by Gasteiger charge is 2.47. The van der Waals surface area contributed by atoms with Crippen LogP contribution in [0.1, 0.15) is 33.6 Å². The molecule has 1 heterocycles. The standard InChI is InChI=1S/C11H20N/c1-10(2,3)7-12-8-11(9-12)5-4-6-11/h4H,5-9H2,1-3H3. The molecule has 1 radical (unpaired) electrons. The highest BCUT2D eigenvalue weighted by molar-refractivity contribution is 5.08. The Labute approximate surface area is 76.1 Å². The molecule has 0 aromatic heterocycles. The molecule has 1 aliphatic heterocycles. The molecule has 1 heteroatoms. The zero-order valence-electron chi connectivity index (χ0n) is 8.56. The van der Waals surface area contributed by atoms with E-state index < -0.39 is 0 Å². The number of hydrogen-bond donors (Lipinski definition) is 0. The summed E-state index contributed by atoms with van der Waals surface area (Å²) < 4.78 is 0. The van der Waals surface area contributed by atoms with Gasteiger partial charge < -0.3 is 4.90 Å². The maximum atomic E-state index is 2.60. The van der Waals surface area contributed by atoms with Crippen molar-refractivity contribution in [3.63, 3.8) is 0 Å². The zero-order chi connectivity index (χ0) is 8.82. The van der Waals surface area contributed by atoms with Crippen LogP contribution in [0.4, 0.5) is 0 Å². The Morgan fingerprint density at radius 1 is 1.25 bits per heavy atom. The van der Waals surface area contributed by atoms with Crippen molar-refractivity contribution in [2.75, 3.05) is 19.6 Å². The summed E-state index contributed by atoms with van der Waals surface area (Å²) in [5, 5.41) is 0. The first-order chi connectivity index (χ1) is 5.49. The second kappa shape index (κ2) is 2.47. The van der Waals surface area contributed by atoms with Crippen LogP contribution in [0.2, 0.25) is 0 Å². The average molecular weight is 166 g/mol. The summed E-state index contributed by atoms with van der Waals surface area (Å²) in [7, 11) is 0. The Morgan fingerprint density at radius 2 is 1.83 bits per heavy atom. The Morgan fingerprint density at radius 3 is 2.17 bits per heavy atom. The molecule has 0 unspecified atom stereocenters. The van der Waals surface area contributed by atoms with Gasteiger partial charge in [0.05, 0.1) is 0 Å². The molecule has 69 valence electrons. The molecule has 2 aliphatic rings. The fourth-order valence-electron chi connectivity index (χ4n) is 2.50. The van der Waals surface area contributed by atoms with Gasteiger partial charge in [0.25, 0.3) is 0 Å². The molecule has 1 nitrogen and oxygen atoms in total. The molecule has 1 saturated heterocycles. The topological polar surface area (TPSA) is 3.24 Å². The SMILES string of the molecule is CC(C)(C)CN1CC2(C[CH]C2)C1. The van der Waals surface area contributed by atoms with E-state index in [1.165, 1.54) is 32.5 Å². The van der Waals surface area contributed by atoms with Crippen LogP contribution in [0, 0.1) is 17.3 Å². The molecule has 0 bridgehead atoms. The molecule has 2 fully saturated rings. The van der Waals surface area contributed by atoms with Crippen LogP contribution >= 0.6 is 0 Å².